The standard InChI is InChI=1S/C12H23N3O/c1-14(2)8-9-15-7-3-4-11(12(15)16)13-10-5-6-10/h10-11,13H,3-9H2,1-2H3. The van der Waals surface area contributed by atoms with Gasteiger partial charge in [0, 0.05) is 25.7 Å². The summed E-state index contributed by atoms with van der Waals surface area (Å²) in [6, 6.07) is 0.728. The molecule has 0 radical (unpaired) electrons. The molecule has 4 heteroatoms. The van der Waals surface area contributed by atoms with E-state index in [1.807, 2.05) is 19.0 Å². The summed E-state index contributed by atoms with van der Waals surface area (Å²) < 4.78 is 0. The predicted molar refractivity (Wildman–Crippen MR) is 64.3 cm³/mol. The number of hydrogen-bond donors (Lipinski definition) is 1. The van der Waals surface area contributed by atoms with Crippen LogP contribution in [0.2, 0.25) is 0 Å². The third-order valence-electron chi connectivity index (χ3n) is 3.36. The maximum atomic E-state index is 12.1. The van der Waals surface area contributed by atoms with Crippen LogP contribution < -0.4 is 5.32 Å². The zero-order valence-electron chi connectivity index (χ0n) is 10.4. The van der Waals surface area contributed by atoms with E-state index in [4.69, 9.17) is 0 Å². The first-order valence-corrected chi connectivity index (χ1v) is 6.36. The molecular formula is C12H23N3O. The number of piperidine rings is 1. The minimum atomic E-state index is 0.100. The molecule has 1 unspecified atom stereocenters. The molecule has 0 aromatic carbocycles. The van der Waals surface area contributed by atoms with Gasteiger partial charge in [0.25, 0.3) is 0 Å². The van der Waals surface area contributed by atoms with Crippen LogP contribution in [0.3, 0.4) is 0 Å². The minimum absolute atomic E-state index is 0.100. The number of rotatable bonds is 5. The second-order valence-corrected chi connectivity index (χ2v) is 5.26. The molecule has 2 aliphatic rings. The highest BCUT2D eigenvalue weighted by atomic mass is 16.2. The number of likely N-dealkylation sites (N-methyl/N-ethyl adjacent to an activating group) is 1. The predicted octanol–water partition coefficient (Wildman–Crippen LogP) is 0.291. The largest absolute Gasteiger partial charge is 0.340 e. The van der Waals surface area contributed by atoms with Gasteiger partial charge in [-0.15, -0.1) is 0 Å². The van der Waals surface area contributed by atoms with Crippen molar-refractivity contribution >= 4 is 5.91 Å². The number of nitrogens with zero attached hydrogens (tertiary/aromatic N) is 2. The van der Waals surface area contributed by atoms with Crippen LogP contribution in [-0.4, -0.2) is 61.5 Å². The van der Waals surface area contributed by atoms with Crippen molar-refractivity contribution < 1.29 is 4.79 Å². The van der Waals surface area contributed by atoms with Crippen LogP contribution >= 0.6 is 0 Å². The summed E-state index contributed by atoms with van der Waals surface area (Å²) in [5.74, 6) is 0.319. The lowest BCUT2D eigenvalue weighted by Gasteiger charge is -2.33. The smallest absolute Gasteiger partial charge is 0.239 e. The highest BCUT2D eigenvalue weighted by Crippen LogP contribution is 2.22. The van der Waals surface area contributed by atoms with Gasteiger partial charge in [-0.2, -0.15) is 0 Å². The van der Waals surface area contributed by atoms with Crippen LogP contribution in [0.5, 0.6) is 0 Å². The van der Waals surface area contributed by atoms with Gasteiger partial charge < -0.3 is 15.1 Å². The van der Waals surface area contributed by atoms with Crippen molar-refractivity contribution in [3.05, 3.63) is 0 Å². The molecule has 2 rings (SSSR count). The highest BCUT2D eigenvalue weighted by Gasteiger charge is 2.32. The molecule has 1 aliphatic carbocycles. The lowest BCUT2D eigenvalue weighted by atomic mass is 10.0. The third-order valence-corrected chi connectivity index (χ3v) is 3.36. The Labute approximate surface area is 98.0 Å². The Kier molecular flexibility index (Phi) is 3.82. The summed E-state index contributed by atoms with van der Waals surface area (Å²) in [6.07, 6.45) is 4.67. The van der Waals surface area contributed by atoms with E-state index >= 15 is 0 Å². The Bertz CT molecular complexity index is 251. The van der Waals surface area contributed by atoms with Gasteiger partial charge in [0.15, 0.2) is 0 Å². The first-order chi connectivity index (χ1) is 7.66. The Morgan fingerprint density at radius 2 is 2.12 bits per heavy atom. The van der Waals surface area contributed by atoms with Crippen LogP contribution in [-0.2, 0) is 4.79 Å². The molecule has 16 heavy (non-hydrogen) atoms. The summed E-state index contributed by atoms with van der Waals surface area (Å²) in [7, 11) is 4.10. The zero-order valence-corrected chi connectivity index (χ0v) is 10.4. The molecule has 0 bridgehead atoms. The fourth-order valence-corrected chi connectivity index (χ4v) is 2.17. The monoisotopic (exact) mass is 225 g/mol. The van der Waals surface area contributed by atoms with Crippen molar-refractivity contribution in [3.63, 3.8) is 0 Å². The average Bonchev–Trinajstić information content (AvgIpc) is 3.03. The Hall–Kier alpha value is -0.610. The van der Waals surface area contributed by atoms with Crippen LogP contribution in [0, 0.1) is 0 Å². The third kappa shape index (κ3) is 3.19. The van der Waals surface area contributed by atoms with E-state index in [1.165, 1.54) is 12.8 Å². The maximum absolute atomic E-state index is 12.1. The molecule has 1 saturated heterocycles. The molecule has 1 heterocycles. The van der Waals surface area contributed by atoms with Gasteiger partial charge in [-0.05, 0) is 39.8 Å². The summed E-state index contributed by atoms with van der Waals surface area (Å²) in [5, 5.41) is 3.46. The Balaban J connectivity index is 1.80. The fraction of sp³-hybridized carbons (Fsp3) is 0.917. The van der Waals surface area contributed by atoms with Crippen LogP contribution in [0.1, 0.15) is 25.7 Å². The van der Waals surface area contributed by atoms with Gasteiger partial charge in [-0.3, -0.25) is 4.79 Å². The van der Waals surface area contributed by atoms with Crippen LogP contribution in [0.15, 0.2) is 0 Å². The molecule has 1 N–H and O–H groups in total. The number of nitrogens with one attached hydrogen (secondary N) is 1. The Morgan fingerprint density at radius 3 is 2.75 bits per heavy atom. The molecular weight excluding hydrogens is 202 g/mol. The van der Waals surface area contributed by atoms with Crippen molar-refractivity contribution in [2.24, 2.45) is 0 Å². The lowest BCUT2D eigenvalue weighted by molar-refractivity contribution is -0.136. The topological polar surface area (TPSA) is 35.6 Å². The van der Waals surface area contributed by atoms with Crippen molar-refractivity contribution in [2.45, 2.75) is 37.8 Å². The van der Waals surface area contributed by atoms with Gasteiger partial charge in [0.1, 0.15) is 0 Å². The fourth-order valence-electron chi connectivity index (χ4n) is 2.17. The quantitative estimate of drug-likeness (QED) is 0.730. The number of amides is 1. The van der Waals surface area contributed by atoms with Crippen LogP contribution in [0.4, 0.5) is 0 Å². The van der Waals surface area contributed by atoms with Gasteiger partial charge in [0.2, 0.25) is 5.91 Å². The number of carbonyl (C=O) groups excluding carboxylic acids is 1. The minimum Gasteiger partial charge on any atom is -0.340 e. The number of carbonyl (C=O) groups is 1. The highest BCUT2D eigenvalue weighted by molar-refractivity contribution is 5.82. The second kappa shape index (κ2) is 5.15. The lowest BCUT2D eigenvalue weighted by Crippen LogP contribution is -2.52. The summed E-state index contributed by atoms with van der Waals surface area (Å²) in [6.45, 7) is 2.77. The Morgan fingerprint density at radius 1 is 1.38 bits per heavy atom. The van der Waals surface area contributed by atoms with E-state index in [0.29, 0.717) is 11.9 Å². The number of hydrogen-bond acceptors (Lipinski definition) is 3. The van der Waals surface area contributed by atoms with E-state index in [1.54, 1.807) is 0 Å². The molecule has 1 atom stereocenters. The molecule has 1 saturated carbocycles. The maximum Gasteiger partial charge on any atom is 0.239 e. The zero-order chi connectivity index (χ0) is 11.5. The van der Waals surface area contributed by atoms with Crippen molar-refractivity contribution in [2.75, 3.05) is 33.7 Å². The molecule has 0 spiro atoms. The summed E-state index contributed by atoms with van der Waals surface area (Å²) in [5.41, 5.74) is 0. The van der Waals surface area contributed by atoms with Gasteiger partial charge in [-0.25, -0.2) is 0 Å². The van der Waals surface area contributed by atoms with Gasteiger partial charge >= 0.3 is 0 Å². The number of likely N-dealkylation sites (tertiary alicyclic amines) is 1. The van der Waals surface area contributed by atoms with E-state index in [-0.39, 0.29) is 6.04 Å². The molecule has 2 fully saturated rings. The molecule has 1 aliphatic heterocycles. The van der Waals surface area contributed by atoms with E-state index in [9.17, 15) is 4.79 Å². The summed E-state index contributed by atoms with van der Waals surface area (Å²) in [4.78, 5) is 16.3. The van der Waals surface area contributed by atoms with Gasteiger partial charge in [0.05, 0.1) is 6.04 Å². The molecule has 0 aromatic rings. The van der Waals surface area contributed by atoms with Crippen molar-refractivity contribution in [1.82, 2.24) is 15.1 Å². The van der Waals surface area contributed by atoms with E-state index in [2.05, 4.69) is 10.2 Å². The van der Waals surface area contributed by atoms with Crippen LogP contribution in [0.25, 0.3) is 0 Å². The SMILES string of the molecule is CN(C)CCN1CCCC(NC2CC2)C1=O. The average molecular weight is 225 g/mol. The van der Waals surface area contributed by atoms with Crippen molar-refractivity contribution in [1.29, 1.82) is 0 Å². The molecule has 1 amide bonds. The first-order valence-electron chi connectivity index (χ1n) is 6.36. The molecule has 92 valence electrons. The molecule has 4 nitrogen and oxygen atoms in total. The summed E-state index contributed by atoms with van der Waals surface area (Å²) >= 11 is 0. The first kappa shape index (κ1) is 11.9. The van der Waals surface area contributed by atoms with Gasteiger partial charge in [-0.1, -0.05) is 0 Å². The van der Waals surface area contributed by atoms with Crippen molar-refractivity contribution in [3.8, 4) is 0 Å². The van der Waals surface area contributed by atoms with E-state index < -0.39 is 0 Å². The second-order valence-electron chi connectivity index (χ2n) is 5.26. The normalized spacial score (nSPS) is 26.6. The molecule has 0 aromatic heterocycles. The van der Waals surface area contributed by atoms with E-state index in [0.717, 1.165) is 32.5 Å².